The number of nitrogens with zero attached hydrogens (tertiary/aromatic N) is 3. The van der Waals surface area contributed by atoms with Crippen molar-refractivity contribution in [3.63, 3.8) is 0 Å². The fourth-order valence-electron chi connectivity index (χ4n) is 4.33. The number of likely N-dealkylation sites (N-methyl/N-ethyl adjacent to an activating group) is 1. The third-order valence-corrected chi connectivity index (χ3v) is 6.22. The highest BCUT2D eigenvalue weighted by molar-refractivity contribution is 5.76. The van der Waals surface area contributed by atoms with Crippen molar-refractivity contribution in [2.24, 2.45) is 11.8 Å². The molecule has 2 atom stereocenters. The summed E-state index contributed by atoms with van der Waals surface area (Å²) in [6.07, 6.45) is 2.55. The SMILES string of the molecule is Cc1ccc(CCC(=O)N2C[C@@H](CN3CCCN(C)CC3)[C@@H](CO)C2)cc1. The van der Waals surface area contributed by atoms with Crippen molar-refractivity contribution in [3.05, 3.63) is 35.4 Å². The molecule has 1 aromatic carbocycles. The van der Waals surface area contributed by atoms with Crippen molar-refractivity contribution >= 4 is 5.91 Å². The monoisotopic (exact) mass is 373 g/mol. The molecular formula is C22H35N3O2. The van der Waals surface area contributed by atoms with Crippen LogP contribution in [0.1, 0.15) is 24.0 Å². The van der Waals surface area contributed by atoms with Gasteiger partial charge in [-0.3, -0.25) is 4.79 Å². The molecule has 0 saturated carbocycles. The molecule has 5 nitrogen and oxygen atoms in total. The summed E-state index contributed by atoms with van der Waals surface area (Å²) < 4.78 is 0. The Labute approximate surface area is 163 Å². The van der Waals surface area contributed by atoms with E-state index in [1.807, 2.05) is 4.90 Å². The number of carbonyl (C=O) groups excluding carboxylic acids is 1. The Morgan fingerprint density at radius 3 is 2.56 bits per heavy atom. The number of rotatable bonds is 6. The molecule has 2 fully saturated rings. The van der Waals surface area contributed by atoms with E-state index in [0.29, 0.717) is 18.9 Å². The van der Waals surface area contributed by atoms with Gasteiger partial charge in [0.15, 0.2) is 0 Å². The maximum absolute atomic E-state index is 12.7. The van der Waals surface area contributed by atoms with E-state index in [9.17, 15) is 9.90 Å². The van der Waals surface area contributed by atoms with Crippen LogP contribution in [0.4, 0.5) is 0 Å². The van der Waals surface area contributed by atoms with Crippen molar-refractivity contribution in [3.8, 4) is 0 Å². The summed E-state index contributed by atoms with van der Waals surface area (Å²) in [4.78, 5) is 19.6. The highest BCUT2D eigenvalue weighted by atomic mass is 16.3. The Balaban J connectivity index is 1.50. The van der Waals surface area contributed by atoms with Crippen molar-refractivity contribution in [2.75, 3.05) is 59.5 Å². The summed E-state index contributed by atoms with van der Waals surface area (Å²) in [5, 5.41) is 9.83. The second kappa shape index (κ2) is 9.67. The van der Waals surface area contributed by atoms with E-state index in [1.54, 1.807) is 0 Å². The maximum Gasteiger partial charge on any atom is 0.222 e. The molecule has 150 valence electrons. The zero-order chi connectivity index (χ0) is 19.2. The van der Waals surface area contributed by atoms with Gasteiger partial charge in [-0.2, -0.15) is 0 Å². The van der Waals surface area contributed by atoms with Crippen LogP contribution >= 0.6 is 0 Å². The number of hydrogen-bond acceptors (Lipinski definition) is 4. The molecule has 2 aliphatic rings. The molecule has 1 aromatic rings. The van der Waals surface area contributed by atoms with Crippen LogP contribution in [0.5, 0.6) is 0 Å². The fourth-order valence-corrected chi connectivity index (χ4v) is 4.33. The lowest BCUT2D eigenvalue weighted by atomic mass is 9.96. The number of benzene rings is 1. The topological polar surface area (TPSA) is 47.0 Å². The minimum Gasteiger partial charge on any atom is -0.396 e. The van der Waals surface area contributed by atoms with Gasteiger partial charge in [0.2, 0.25) is 5.91 Å². The first-order valence-electron chi connectivity index (χ1n) is 10.4. The Kier molecular flexibility index (Phi) is 7.27. The van der Waals surface area contributed by atoms with Crippen molar-refractivity contribution in [1.29, 1.82) is 0 Å². The highest BCUT2D eigenvalue weighted by Gasteiger charge is 2.35. The largest absolute Gasteiger partial charge is 0.396 e. The van der Waals surface area contributed by atoms with E-state index in [0.717, 1.165) is 45.7 Å². The lowest BCUT2D eigenvalue weighted by Gasteiger charge is -2.26. The second-order valence-corrected chi connectivity index (χ2v) is 8.44. The molecule has 0 aliphatic carbocycles. The van der Waals surface area contributed by atoms with Gasteiger partial charge in [0.25, 0.3) is 0 Å². The van der Waals surface area contributed by atoms with Gasteiger partial charge in [0.1, 0.15) is 0 Å². The summed E-state index contributed by atoms with van der Waals surface area (Å²) in [6.45, 7) is 9.25. The minimum atomic E-state index is 0.181. The number of hydrogen-bond donors (Lipinski definition) is 1. The third kappa shape index (κ3) is 5.77. The first kappa shape index (κ1) is 20.3. The molecule has 0 spiro atoms. The summed E-state index contributed by atoms with van der Waals surface area (Å²) >= 11 is 0. The molecule has 0 bridgehead atoms. The standard InChI is InChI=1S/C22H35N3O2/c1-18-4-6-19(7-5-18)8-9-22(27)25-15-20(21(16-25)17-26)14-24-11-3-10-23(2)12-13-24/h4-7,20-21,26H,3,8-17H2,1-2H3/t20-,21-/m1/s1. The van der Waals surface area contributed by atoms with Crippen LogP contribution in [-0.4, -0.2) is 85.2 Å². The number of aryl methyl sites for hydroxylation is 2. The average molecular weight is 374 g/mol. The molecule has 0 radical (unpaired) electrons. The smallest absolute Gasteiger partial charge is 0.222 e. The summed E-state index contributed by atoms with van der Waals surface area (Å²) in [7, 11) is 2.18. The first-order chi connectivity index (χ1) is 13.0. The fraction of sp³-hybridized carbons (Fsp3) is 0.682. The zero-order valence-corrected chi connectivity index (χ0v) is 16.9. The molecule has 5 heteroatoms. The second-order valence-electron chi connectivity index (χ2n) is 8.44. The third-order valence-electron chi connectivity index (χ3n) is 6.22. The summed E-state index contributed by atoms with van der Waals surface area (Å²) in [5.41, 5.74) is 2.47. The normalized spacial score (nSPS) is 24.9. The molecular weight excluding hydrogens is 338 g/mol. The Bertz CT molecular complexity index is 604. The van der Waals surface area contributed by atoms with Gasteiger partial charge >= 0.3 is 0 Å². The van der Waals surface area contributed by atoms with Crippen LogP contribution in [0.25, 0.3) is 0 Å². The zero-order valence-electron chi connectivity index (χ0n) is 16.9. The van der Waals surface area contributed by atoms with Gasteiger partial charge < -0.3 is 19.8 Å². The summed E-state index contributed by atoms with van der Waals surface area (Å²) in [5.74, 6) is 0.836. The van der Waals surface area contributed by atoms with Gasteiger partial charge in [-0.15, -0.1) is 0 Å². The molecule has 1 N–H and O–H groups in total. The molecule has 0 aromatic heterocycles. The van der Waals surface area contributed by atoms with E-state index in [1.165, 1.54) is 17.5 Å². The van der Waals surface area contributed by atoms with Crippen LogP contribution in [0.2, 0.25) is 0 Å². The van der Waals surface area contributed by atoms with Crippen LogP contribution in [0, 0.1) is 18.8 Å². The number of aliphatic hydroxyl groups excluding tert-OH is 1. The first-order valence-corrected chi connectivity index (χ1v) is 10.4. The van der Waals surface area contributed by atoms with E-state index in [4.69, 9.17) is 0 Å². The molecule has 0 unspecified atom stereocenters. The minimum absolute atomic E-state index is 0.181. The highest BCUT2D eigenvalue weighted by Crippen LogP contribution is 2.25. The predicted molar refractivity (Wildman–Crippen MR) is 109 cm³/mol. The van der Waals surface area contributed by atoms with Gasteiger partial charge in [0.05, 0.1) is 0 Å². The quantitative estimate of drug-likeness (QED) is 0.823. The van der Waals surface area contributed by atoms with E-state index >= 15 is 0 Å². The van der Waals surface area contributed by atoms with E-state index < -0.39 is 0 Å². The van der Waals surface area contributed by atoms with Crippen molar-refractivity contribution in [2.45, 2.75) is 26.2 Å². The molecule has 2 heterocycles. The maximum atomic E-state index is 12.7. The van der Waals surface area contributed by atoms with E-state index in [-0.39, 0.29) is 18.4 Å². The van der Waals surface area contributed by atoms with Crippen LogP contribution in [0.3, 0.4) is 0 Å². The average Bonchev–Trinajstić information content (AvgIpc) is 2.96. The number of aliphatic hydroxyl groups is 1. The number of carbonyl (C=O) groups is 1. The molecule has 1 amide bonds. The Hall–Kier alpha value is -1.43. The molecule has 2 saturated heterocycles. The van der Waals surface area contributed by atoms with Crippen molar-refractivity contribution in [1.82, 2.24) is 14.7 Å². The van der Waals surface area contributed by atoms with Gasteiger partial charge in [-0.25, -0.2) is 0 Å². The Morgan fingerprint density at radius 1 is 1.07 bits per heavy atom. The molecule has 2 aliphatic heterocycles. The lowest BCUT2D eigenvalue weighted by molar-refractivity contribution is -0.130. The Morgan fingerprint density at radius 2 is 1.81 bits per heavy atom. The lowest BCUT2D eigenvalue weighted by Crippen LogP contribution is -2.36. The molecule has 27 heavy (non-hydrogen) atoms. The predicted octanol–water partition coefficient (Wildman–Crippen LogP) is 1.63. The van der Waals surface area contributed by atoms with Crippen LogP contribution in [0.15, 0.2) is 24.3 Å². The molecule has 3 rings (SSSR count). The van der Waals surface area contributed by atoms with Crippen molar-refractivity contribution < 1.29 is 9.90 Å². The number of likely N-dealkylation sites (tertiary alicyclic amines) is 1. The van der Waals surface area contributed by atoms with Crippen LogP contribution in [-0.2, 0) is 11.2 Å². The van der Waals surface area contributed by atoms with E-state index in [2.05, 4.69) is 48.0 Å². The van der Waals surface area contributed by atoms with Gasteiger partial charge in [-0.1, -0.05) is 29.8 Å². The van der Waals surface area contributed by atoms with Gasteiger partial charge in [-0.05, 0) is 51.4 Å². The van der Waals surface area contributed by atoms with Crippen LogP contribution < -0.4 is 0 Å². The summed E-state index contributed by atoms with van der Waals surface area (Å²) in [6, 6.07) is 8.43. The van der Waals surface area contributed by atoms with Gasteiger partial charge in [0, 0.05) is 51.7 Å². The number of amides is 1.